The van der Waals surface area contributed by atoms with E-state index in [1.54, 1.807) is 18.1 Å². The Hall–Kier alpha value is -2.48. The number of nitrogens with one attached hydrogen (secondary N) is 1. The number of rotatable bonds is 6. The summed E-state index contributed by atoms with van der Waals surface area (Å²) in [4.78, 5) is 23.3. The fourth-order valence-electron chi connectivity index (χ4n) is 3.03. The largest absolute Gasteiger partial charge is 0.368 e. The predicted octanol–water partition coefficient (Wildman–Crippen LogP) is 2.15. The Bertz CT molecular complexity index is 796. The summed E-state index contributed by atoms with van der Waals surface area (Å²) in [6, 6.07) is 2.30. The van der Waals surface area contributed by atoms with Gasteiger partial charge in [0.05, 0.1) is 23.5 Å². The fraction of sp³-hybridized carbons (Fsp3) is 0.556. The zero-order valence-corrected chi connectivity index (χ0v) is 15.1. The van der Waals surface area contributed by atoms with Gasteiger partial charge in [-0.15, -0.1) is 0 Å². The van der Waals surface area contributed by atoms with Gasteiger partial charge in [-0.2, -0.15) is 0 Å². The molecule has 1 saturated carbocycles. The maximum atomic E-state index is 12.6. The maximum absolute atomic E-state index is 12.6. The minimum atomic E-state index is -0.345. The van der Waals surface area contributed by atoms with E-state index >= 15 is 0 Å². The smallest absolute Gasteiger partial charge is 0.251 e. The van der Waals surface area contributed by atoms with E-state index in [2.05, 4.69) is 20.4 Å². The Balaban J connectivity index is 1.59. The Morgan fingerprint density at radius 2 is 2.23 bits per heavy atom. The van der Waals surface area contributed by atoms with Crippen molar-refractivity contribution < 1.29 is 14.1 Å². The molecule has 26 heavy (non-hydrogen) atoms. The van der Waals surface area contributed by atoms with Gasteiger partial charge >= 0.3 is 0 Å². The molecule has 1 N–H and O–H groups in total. The van der Waals surface area contributed by atoms with Crippen molar-refractivity contribution in [1.82, 2.24) is 20.0 Å². The van der Waals surface area contributed by atoms with Crippen LogP contribution in [-0.4, -0.2) is 51.7 Å². The SMILES string of the molecule is Cc1cc(-c2cnc(NC3CC3)nc2CN(C)C(=O)C2CCCO2)on1. The van der Waals surface area contributed by atoms with Crippen LogP contribution in [0.1, 0.15) is 37.1 Å². The van der Waals surface area contributed by atoms with Crippen LogP contribution in [-0.2, 0) is 16.1 Å². The van der Waals surface area contributed by atoms with Gasteiger partial charge in [0, 0.05) is 32.0 Å². The summed E-state index contributed by atoms with van der Waals surface area (Å²) < 4.78 is 10.9. The number of aryl methyl sites for hydroxylation is 1. The lowest BCUT2D eigenvalue weighted by molar-refractivity contribution is -0.140. The van der Waals surface area contributed by atoms with Crippen LogP contribution in [0.4, 0.5) is 5.95 Å². The lowest BCUT2D eigenvalue weighted by atomic mass is 10.1. The van der Waals surface area contributed by atoms with Crippen molar-refractivity contribution in [1.29, 1.82) is 0 Å². The molecule has 1 aliphatic carbocycles. The molecule has 8 heteroatoms. The van der Waals surface area contributed by atoms with E-state index in [-0.39, 0.29) is 12.0 Å². The molecule has 2 aliphatic rings. The van der Waals surface area contributed by atoms with Crippen LogP contribution >= 0.6 is 0 Å². The Labute approximate surface area is 151 Å². The van der Waals surface area contributed by atoms with Gasteiger partial charge in [-0.1, -0.05) is 5.16 Å². The highest BCUT2D eigenvalue weighted by Crippen LogP contribution is 2.27. The molecule has 1 atom stereocenters. The molecular formula is C18H23N5O3. The van der Waals surface area contributed by atoms with Gasteiger partial charge in [0.15, 0.2) is 5.76 Å². The summed E-state index contributed by atoms with van der Waals surface area (Å²) in [5.74, 6) is 1.17. The van der Waals surface area contributed by atoms with E-state index in [0.29, 0.717) is 30.9 Å². The van der Waals surface area contributed by atoms with Gasteiger partial charge < -0.3 is 19.5 Å². The fourth-order valence-corrected chi connectivity index (χ4v) is 3.03. The molecule has 138 valence electrons. The molecule has 2 aromatic rings. The van der Waals surface area contributed by atoms with Crippen LogP contribution in [0, 0.1) is 6.92 Å². The Morgan fingerprint density at radius 3 is 2.88 bits per heavy atom. The van der Waals surface area contributed by atoms with E-state index in [1.165, 1.54) is 0 Å². The topological polar surface area (TPSA) is 93.4 Å². The van der Waals surface area contributed by atoms with Crippen molar-refractivity contribution >= 4 is 11.9 Å². The third-order valence-corrected chi connectivity index (χ3v) is 4.64. The number of likely N-dealkylation sites (N-methyl/N-ethyl adjacent to an activating group) is 1. The molecule has 1 amide bonds. The van der Waals surface area contributed by atoms with Crippen molar-refractivity contribution in [2.75, 3.05) is 19.0 Å². The first kappa shape index (κ1) is 17.0. The van der Waals surface area contributed by atoms with Crippen molar-refractivity contribution in [2.24, 2.45) is 0 Å². The first-order valence-corrected chi connectivity index (χ1v) is 9.03. The third-order valence-electron chi connectivity index (χ3n) is 4.64. The van der Waals surface area contributed by atoms with Gasteiger partial charge in [-0.3, -0.25) is 4.79 Å². The minimum Gasteiger partial charge on any atom is -0.368 e. The van der Waals surface area contributed by atoms with E-state index in [1.807, 2.05) is 13.0 Å². The highest BCUT2D eigenvalue weighted by Gasteiger charge is 2.28. The van der Waals surface area contributed by atoms with Crippen molar-refractivity contribution in [3.8, 4) is 11.3 Å². The number of nitrogens with zero attached hydrogens (tertiary/aromatic N) is 4. The second kappa shape index (κ2) is 7.03. The molecule has 1 saturated heterocycles. The van der Waals surface area contributed by atoms with Crippen LogP contribution < -0.4 is 5.32 Å². The lowest BCUT2D eigenvalue weighted by Gasteiger charge is -2.21. The standard InChI is InChI=1S/C18H23N5O3/c1-11-8-16(26-22-11)13-9-19-18(20-12-5-6-12)21-14(13)10-23(2)17(24)15-4-3-7-25-15/h8-9,12,15H,3-7,10H2,1-2H3,(H,19,20,21). The van der Waals surface area contributed by atoms with E-state index in [0.717, 1.165) is 42.6 Å². The van der Waals surface area contributed by atoms with Crippen molar-refractivity contribution in [3.63, 3.8) is 0 Å². The number of anilines is 1. The van der Waals surface area contributed by atoms with Crippen LogP contribution in [0.5, 0.6) is 0 Å². The van der Waals surface area contributed by atoms with E-state index in [9.17, 15) is 4.79 Å². The number of amides is 1. The molecule has 8 nitrogen and oxygen atoms in total. The molecule has 0 radical (unpaired) electrons. The highest BCUT2D eigenvalue weighted by molar-refractivity contribution is 5.81. The summed E-state index contributed by atoms with van der Waals surface area (Å²) in [7, 11) is 1.77. The minimum absolute atomic E-state index is 0.0162. The lowest BCUT2D eigenvalue weighted by Crippen LogP contribution is -2.36. The van der Waals surface area contributed by atoms with Crippen molar-refractivity contribution in [3.05, 3.63) is 23.7 Å². The summed E-state index contributed by atoms with van der Waals surface area (Å²) >= 11 is 0. The zero-order valence-electron chi connectivity index (χ0n) is 15.1. The zero-order chi connectivity index (χ0) is 18.1. The molecule has 1 aliphatic heterocycles. The average molecular weight is 357 g/mol. The second-order valence-corrected chi connectivity index (χ2v) is 7.00. The molecular weight excluding hydrogens is 334 g/mol. The van der Waals surface area contributed by atoms with Crippen LogP contribution in [0.25, 0.3) is 11.3 Å². The first-order valence-electron chi connectivity index (χ1n) is 9.03. The number of hydrogen-bond acceptors (Lipinski definition) is 7. The number of hydrogen-bond donors (Lipinski definition) is 1. The van der Waals surface area contributed by atoms with Crippen molar-refractivity contribution in [2.45, 2.75) is 51.3 Å². The molecule has 0 bridgehead atoms. The molecule has 2 fully saturated rings. The number of carbonyl (C=O) groups excluding carboxylic acids is 1. The monoisotopic (exact) mass is 357 g/mol. The van der Waals surface area contributed by atoms with Gasteiger partial charge in [0.2, 0.25) is 5.95 Å². The molecule has 2 aromatic heterocycles. The quantitative estimate of drug-likeness (QED) is 0.846. The Kier molecular flexibility index (Phi) is 4.58. The van der Waals surface area contributed by atoms with Crippen LogP contribution in [0.15, 0.2) is 16.8 Å². The van der Waals surface area contributed by atoms with Crippen LogP contribution in [0.3, 0.4) is 0 Å². The molecule has 1 unspecified atom stereocenters. The van der Waals surface area contributed by atoms with E-state index in [4.69, 9.17) is 9.26 Å². The normalized spacial score (nSPS) is 19.5. The second-order valence-electron chi connectivity index (χ2n) is 7.00. The summed E-state index contributed by atoms with van der Waals surface area (Å²) in [6.07, 6.45) is 5.36. The molecule has 4 rings (SSSR count). The highest BCUT2D eigenvalue weighted by atomic mass is 16.5. The average Bonchev–Trinajstić information content (AvgIpc) is 3.10. The number of carbonyl (C=O) groups is 1. The van der Waals surface area contributed by atoms with Gasteiger partial charge in [-0.05, 0) is 32.6 Å². The predicted molar refractivity (Wildman–Crippen MR) is 94.4 cm³/mol. The molecule has 0 aromatic carbocycles. The van der Waals surface area contributed by atoms with Gasteiger partial charge in [-0.25, -0.2) is 9.97 Å². The third kappa shape index (κ3) is 3.70. The van der Waals surface area contributed by atoms with Gasteiger partial charge in [0.25, 0.3) is 5.91 Å². The Morgan fingerprint density at radius 1 is 1.38 bits per heavy atom. The molecule has 0 spiro atoms. The number of ether oxygens (including phenoxy) is 1. The van der Waals surface area contributed by atoms with E-state index < -0.39 is 0 Å². The number of aromatic nitrogens is 3. The van der Waals surface area contributed by atoms with Gasteiger partial charge in [0.1, 0.15) is 6.10 Å². The van der Waals surface area contributed by atoms with Crippen LogP contribution in [0.2, 0.25) is 0 Å². The summed E-state index contributed by atoms with van der Waals surface area (Å²) in [5, 5.41) is 7.25. The molecule has 3 heterocycles. The summed E-state index contributed by atoms with van der Waals surface area (Å²) in [5.41, 5.74) is 2.27. The first-order chi connectivity index (χ1) is 12.6. The maximum Gasteiger partial charge on any atom is 0.251 e. The summed E-state index contributed by atoms with van der Waals surface area (Å²) in [6.45, 7) is 2.87.